The topological polar surface area (TPSA) is 52.6 Å². The zero-order valence-electron chi connectivity index (χ0n) is 9.43. The Morgan fingerprint density at radius 3 is 3.06 bits per heavy atom. The first-order valence-electron chi connectivity index (χ1n) is 5.34. The molecule has 2 rings (SSSR count). The first-order chi connectivity index (χ1) is 8.24. The number of carbonyl (C=O) groups excluding carboxylic acids is 2. The molecule has 0 amide bonds. The summed E-state index contributed by atoms with van der Waals surface area (Å²) in [7, 11) is 0. The van der Waals surface area contributed by atoms with Gasteiger partial charge in [-0.2, -0.15) is 0 Å². The average molecular weight is 232 g/mol. The van der Waals surface area contributed by atoms with Gasteiger partial charge < -0.3 is 9.47 Å². The van der Waals surface area contributed by atoms with E-state index in [4.69, 9.17) is 9.47 Å². The van der Waals surface area contributed by atoms with Crippen LogP contribution in [-0.4, -0.2) is 25.5 Å². The fraction of sp³-hybridized carbons (Fsp3) is 0.231. The highest BCUT2D eigenvalue weighted by atomic mass is 16.5. The summed E-state index contributed by atoms with van der Waals surface area (Å²) in [6.45, 7) is 2.27. The van der Waals surface area contributed by atoms with E-state index in [9.17, 15) is 9.59 Å². The van der Waals surface area contributed by atoms with Crippen LogP contribution >= 0.6 is 0 Å². The highest BCUT2D eigenvalue weighted by Gasteiger charge is 2.18. The summed E-state index contributed by atoms with van der Waals surface area (Å²) in [6.07, 6.45) is 2.49. The molecule has 0 unspecified atom stereocenters. The summed E-state index contributed by atoms with van der Waals surface area (Å²) >= 11 is 0. The Bertz CT molecular complexity index is 488. The second-order valence-corrected chi connectivity index (χ2v) is 3.59. The van der Waals surface area contributed by atoms with Gasteiger partial charge in [0.25, 0.3) is 0 Å². The van der Waals surface area contributed by atoms with Crippen LogP contribution in [-0.2, 0) is 9.53 Å². The van der Waals surface area contributed by atoms with Crippen molar-refractivity contribution < 1.29 is 19.1 Å². The van der Waals surface area contributed by atoms with Crippen molar-refractivity contribution >= 4 is 18.3 Å². The van der Waals surface area contributed by atoms with E-state index in [2.05, 4.69) is 0 Å². The van der Waals surface area contributed by atoms with E-state index in [1.165, 1.54) is 0 Å². The fourth-order valence-electron chi connectivity index (χ4n) is 1.60. The number of ether oxygens (including phenoxy) is 2. The minimum atomic E-state index is -0.363. The Morgan fingerprint density at radius 1 is 1.53 bits per heavy atom. The van der Waals surface area contributed by atoms with Gasteiger partial charge in [-0.3, -0.25) is 4.79 Å². The summed E-state index contributed by atoms with van der Waals surface area (Å²) in [5.41, 5.74) is 1.82. The van der Waals surface area contributed by atoms with Crippen molar-refractivity contribution in [3.8, 4) is 5.75 Å². The number of rotatable bonds is 3. The third kappa shape index (κ3) is 2.36. The minimum Gasteiger partial charge on any atom is -0.488 e. The van der Waals surface area contributed by atoms with Gasteiger partial charge in [-0.05, 0) is 19.1 Å². The van der Waals surface area contributed by atoms with E-state index in [0.29, 0.717) is 23.5 Å². The third-order valence-electron chi connectivity index (χ3n) is 2.42. The number of aldehydes is 1. The standard InChI is InChI=1S/C13H12O4/c1-2-16-13(15)11-6-10-4-3-9(7-14)5-12(10)17-8-11/h3-7H,2,8H2,1H3. The van der Waals surface area contributed by atoms with E-state index < -0.39 is 0 Å². The number of benzene rings is 1. The highest BCUT2D eigenvalue weighted by Crippen LogP contribution is 2.27. The van der Waals surface area contributed by atoms with Crippen LogP contribution in [0.1, 0.15) is 22.8 Å². The quantitative estimate of drug-likeness (QED) is 0.589. The van der Waals surface area contributed by atoms with Crippen LogP contribution in [0.4, 0.5) is 0 Å². The molecule has 4 nitrogen and oxygen atoms in total. The van der Waals surface area contributed by atoms with Crippen LogP contribution in [0.15, 0.2) is 23.8 Å². The van der Waals surface area contributed by atoms with E-state index in [1.54, 1.807) is 31.2 Å². The van der Waals surface area contributed by atoms with Crippen molar-refractivity contribution in [3.05, 3.63) is 34.9 Å². The largest absolute Gasteiger partial charge is 0.488 e. The normalized spacial score (nSPS) is 13.1. The first-order valence-corrected chi connectivity index (χ1v) is 5.34. The van der Waals surface area contributed by atoms with Gasteiger partial charge in [0.05, 0.1) is 12.2 Å². The lowest BCUT2D eigenvalue weighted by Gasteiger charge is -2.17. The lowest BCUT2D eigenvalue weighted by molar-refractivity contribution is -0.138. The van der Waals surface area contributed by atoms with E-state index >= 15 is 0 Å². The molecule has 0 fully saturated rings. The lowest BCUT2D eigenvalue weighted by atomic mass is 10.1. The maximum absolute atomic E-state index is 11.5. The molecular weight excluding hydrogens is 220 g/mol. The molecule has 1 aromatic rings. The highest BCUT2D eigenvalue weighted by molar-refractivity contribution is 5.95. The molecule has 0 N–H and O–H groups in total. The van der Waals surface area contributed by atoms with Crippen LogP contribution in [0.25, 0.3) is 6.08 Å². The van der Waals surface area contributed by atoms with Gasteiger partial charge in [-0.15, -0.1) is 0 Å². The Labute approximate surface area is 98.8 Å². The lowest BCUT2D eigenvalue weighted by Crippen LogP contribution is -2.17. The zero-order chi connectivity index (χ0) is 12.3. The molecule has 0 bridgehead atoms. The Kier molecular flexibility index (Phi) is 3.23. The maximum Gasteiger partial charge on any atom is 0.337 e. The number of hydrogen-bond acceptors (Lipinski definition) is 4. The van der Waals surface area contributed by atoms with Gasteiger partial charge in [0.2, 0.25) is 0 Å². The number of carbonyl (C=O) groups is 2. The molecule has 4 heteroatoms. The van der Waals surface area contributed by atoms with Crippen LogP contribution in [0, 0.1) is 0 Å². The number of hydrogen-bond donors (Lipinski definition) is 0. The monoisotopic (exact) mass is 232 g/mol. The molecule has 1 aromatic carbocycles. The van der Waals surface area contributed by atoms with Crippen LogP contribution < -0.4 is 4.74 Å². The first kappa shape index (κ1) is 11.4. The SMILES string of the molecule is CCOC(=O)C1=Cc2ccc(C=O)cc2OC1. The molecular formula is C13H12O4. The van der Waals surface area contributed by atoms with Gasteiger partial charge in [0.15, 0.2) is 0 Å². The predicted octanol–water partition coefficient (Wildman–Crippen LogP) is 1.84. The molecule has 1 aliphatic rings. The Balaban J connectivity index is 2.29. The van der Waals surface area contributed by atoms with Gasteiger partial charge in [-0.25, -0.2) is 4.79 Å². The molecule has 0 atom stereocenters. The van der Waals surface area contributed by atoms with Gasteiger partial charge in [0, 0.05) is 11.1 Å². The Morgan fingerprint density at radius 2 is 2.35 bits per heavy atom. The van der Waals surface area contributed by atoms with Crippen molar-refractivity contribution in [2.75, 3.05) is 13.2 Å². The Hall–Kier alpha value is -2.10. The molecule has 0 saturated heterocycles. The van der Waals surface area contributed by atoms with E-state index in [1.807, 2.05) is 0 Å². The maximum atomic E-state index is 11.5. The van der Waals surface area contributed by atoms with Gasteiger partial charge >= 0.3 is 5.97 Å². The van der Waals surface area contributed by atoms with Crippen molar-refractivity contribution in [2.45, 2.75) is 6.92 Å². The summed E-state index contributed by atoms with van der Waals surface area (Å²) in [4.78, 5) is 22.1. The van der Waals surface area contributed by atoms with Crippen molar-refractivity contribution in [2.24, 2.45) is 0 Å². The van der Waals surface area contributed by atoms with Gasteiger partial charge in [-0.1, -0.05) is 12.1 Å². The van der Waals surface area contributed by atoms with Crippen LogP contribution in [0.3, 0.4) is 0 Å². The van der Waals surface area contributed by atoms with E-state index in [-0.39, 0.29) is 12.6 Å². The average Bonchev–Trinajstić information content (AvgIpc) is 2.37. The molecule has 0 aliphatic carbocycles. The molecule has 17 heavy (non-hydrogen) atoms. The second kappa shape index (κ2) is 4.82. The third-order valence-corrected chi connectivity index (χ3v) is 2.42. The number of esters is 1. The molecule has 0 aromatic heterocycles. The summed E-state index contributed by atoms with van der Waals surface area (Å²) in [5.74, 6) is 0.250. The number of fused-ring (bicyclic) bond motifs is 1. The molecule has 0 radical (unpaired) electrons. The van der Waals surface area contributed by atoms with Gasteiger partial charge in [0.1, 0.15) is 18.6 Å². The minimum absolute atomic E-state index is 0.175. The summed E-state index contributed by atoms with van der Waals surface area (Å²) in [6, 6.07) is 5.08. The molecule has 1 aliphatic heterocycles. The second-order valence-electron chi connectivity index (χ2n) is 3.59. The van der Waals surface area contributed by atoms with Crippen molar-refractivity contribution in [1.29, 1.82) is 0 Å². The van der Waals surface area contributed by atoms with Crippen LogP contribution in [0.5, 0.6) is 5.75 Å². The molecule has 0 saturated carbocycles. The molecule has 0 spiro atoms. The summed E-state index contributed by atoms with van der Waals surface area (Å²) < 4.78 is 10.3. The molecule has 1 heterocycles. The van der Waals surface area contributed by atoms with Crippen LogP contribution in [0.2, 0.25) is 0 Å². The molecule has 88 valence electrons. The fourth-order valence-corrected chi connectivity index (χ4v) is 1.60. The van der Waals surface area contributed by atoms with Crippen molar-refractivity contribution in [1.82, 2.24) is 0 Å². The predicted molar refractivity (Wildman–Crippen MR) is 61.9 cm³/mol. The zero-order valence-corrected chi connectivity index (χ0v) is 9.43. The smallest absolute Gasteiger partial charge is 0.337 e. The van der Waals surface area contributed by atoms with E-state index in [0.717, 1.165) is 11.8 Å². The van der Waals surface area contributed by atoms with Crippen molar-refractivity contribution in [3.63, 3.8) is 0 Å². The summed E-state index contributed by atoms with van der Waals surface area (Å²) in [5, 5.41) is 0.